The SMILES string of the molecule is CCOC(=O)NC(=O)c1c(NC(=O)c2cccc(SCC)c2)sc2c1CCC(C)C2. The molecule has 0 bridgehead atoms. The number of benzene rings is 1. The van der Waals surface area contributed by atoms with Gasteiger partial charge in [0, 0.05) is 15.3 Å². The van der Waals surface area contributed by atoms with Crippen LogP contribution >= 0.6 is 23.1 Å². The van der Waals surface area contributed by atoms with Crippen molar-refractivity contribution in [2.75, 3.05) is 17.7 Å². The number of thioether (sulfide) groups is 1. The molecule has 3 rings (SSSR count). The molecule has 0 aliphatic heterocycles. The summed E-state index contributed by atoms with van der Waals surface area (Å²) in [6.07, 6.45) is 1.79. The molecule has 0 saturated carbocycles. The summed E-state index contributed by atoms with van der Waals surface area (Å²) in [4.78, 5) is 39.7. The first-order valence-corrected chi connectivity index (χ1v) is 11.9. The van der Waals surface area contributed by atoms with Crippen LogP contribution in [0.3, 0.4) is 0 Å². The van der Waals surface area contributed by atoms with Crippen molar-refractivity contribution in [2.45, 2.75) is 44.9 Å². The van der Waals surface area contributed by atoms with Gasteiger partial charge >= 0.3 is 6.09 Å². The molecule has 1 aromatic heterocycles. The molecular weight excluding hydrogens is 420 g/mol. The highest BCUT2D eigenvalue weighted by molar-refractivity contribution is 7.99. The number of fused-ring (bicyclic) bond motifs is 1. The Hall–Kier alpha value is -2.32. The lowest BCUT2D eigenvalue weighted by Gasteiger charge is -2.18. The van der Waals surface area contributed by atoms with Crippen LogP contribution in [0.2, 0.25) is 0 Å². The van der Waals surface area contributed by atoms with Gasteiger partial charge in [0.15, 0.2) is 0 Å². The number of anilines is 1. The van der Waals surface area contributed by atoms with E-state index in [0.29, 0.717) is 22.0 Å². The molecule has 8 heteroatoms. The number of amides is 3. The maximum Gasteiger partial charge on any atom is 0.414 e. The van der Waals surface area contributed by atoms with E-state index < -0.39 is 12.0 Å². The Labute approximate surface area is 184 Å². The minimum atomic E-state index is -0.784. The van der Waals surface area contributed by atoms with Gasteiger partial charge in [0.05, 0.1) is 12.2 Å². The minimum absolute atomic E-state index is 0.175. The van der Waals surface area contributed by atoms with E-state index in [1.54, 1.807) is 24.8 Å². The van der Waals surface area contributed by atoms with Gasteiger partial charge in [0.1, 0.15) is 5.00 Å². The Bertz CT molecular complexity index is 955. The van der Waals surface area contributed by atoms with E-state index in [0.717, 1.165) is 40.4 Å². The average Bonchev–Trinajstić information content (AvgIpc) is 3.05. The van der Waals surface area contributed by atoms with Gasteiger partial charge in [-0.1, -0.05) is 19.9 Å². The Morgan fingerprint density at radius 3 is 2.77 bits per heavy atom. The van der Waals surface area contributed by atoms with E-state index in [2.05, 4.69) is 24.5 Å². The van der Waals surface area contributed by atoms with Gasteiger partial charge in [-0.15, -0.1) is 23.1 Å². The summed E-state index contributed by atoms with van der Waals surface area (Å²) in [5.41, 5.74) is 1.83. The number of rotatable bonds is 6. The Balaban J connectivity index is 1.89. The van der Waals surface area contributed by atoms with E-state index in [-0.39, 0.29) is 12.5 Å². The van der Waals surface area contributed by atoms with Crippen LogP contribution in [0, 0.1) is 5.92 Å². The first-order chi connectivity index (χ1) is 14.4. The van der Waals surface area contributed by atoms with Gasteiger partial charge in [-0.3, -0.25) is 14.9 Å². The molecule has 3 amide bonds. The number of imide groups is 1. The summed E-state index contributed by atoms with van der Waals surface area (Å²) >= 11 is 3.08. The largest absolute Gasteiger partial charge is 0.450 e. The van der Waals surface area contributed by atoms with E-state index in [1.807, 2.05) is 18.2 Å². The van der Waals surface area contributed by atoms with Gasteiger partial charge in [-0.05, 0) is 61.6 Å². The highest BCUT2D eigenvalue weighted by atomic mass is 32.2. The third-order valence-electron chi connectivity index (χ3n) is 4.86. The zero-order chi connectivity index (χ0) is 21.7. The molecule has 1 atom stereocenters. The van der Waals surface area contributed by atoms with Gasteiger partial charge in [-0.25, -0.2) is 4.79 Å². The molecule has 1 unspecified atom stereocenters. The van der Waals surface area contributed by atoms with Crippen molar-refractivity contribution in [1.29, 1.82) is 0 Å². The van der Waals surface area contributed by atoms with Crippen LogP contribution in [0.25, 0.3) is 0 Å². The predicted molar refractivity (Wildman–Crippen MR) is 121 cm³/mol. The fraction of sp³-hybridized carbons (Fsp3) is 0.409. The second kappa shape index (κ2) is 10.1. The van der Waals surface area contributed by atoms with Gasteiger partial charge < -0.3 is 10.1 Å². The minimum Gasteiger partial charge on any atom is -0.450 e. The number of hydrogen-bond donors (Lipinski definition) is 2. The molecule has 0 fully saturated rings. The van der Waals surface area contributed by atoms with Crippen LogP contribution in [0.4, 0.5) is 9.80 Å². The first-order valence-electron chi connectivity index (χ1n) is 10.1. The normalized spacial score (nSPS) is 15.2. The maximum atomic E-state index is 12.9. The van der Waals surface area contributed by atoms with Gasteiger partial charge in [-0.2, -0.15) is 0 Å². The van der Waals surface area contributed by atoms with Crippen LogP contribution in [0.15, 0.2) is 29.2 Å². The number of hydrogen-bond acceptors (Lipinski definition) is 6. The highest BCUT2D eigenvalue weighted by Gasteiger charge is 2.29. The number of alkyl carbamates (subject to hydrolysis) is 1. The second-order valence-corrected chi connectivity index (χ2v) is 9.59. The summed E-state index contributed by atoms with van der Waals surface area (Å²) in [6, 6.07) is 7.41. The van der Waals surface area contributed by atoms with Crippen LogP contribution < -0.4 is 10.6 Å². The number of nitrogens with one attached hydrogen (secondary N) is 2. The van der Waals surface area contributed by atoms with Crippen molar-refractivity contribution in [3.8, 4) is 0 Å². The highest BCUT2D eigenvalue weighted by Crippen LogP contribution is 2.40. The quantitative estimate of drug-likeness (QED) is 0.602. The molecule has 30 heavy (non-hydrogen) atoms. The van der Waals surface area contributed by atoms with Crippen LogP contribution in [0.5, 0.6) is 0 Å². The van der Waals surface area contributed by atoms with Crippen molar-refractivity contribution in [3.05, 3.63) is 45.8 Å². The van der Waals surface area contributed by atoms with Crippen molar-refractivity contribution < 1.29 is 19.1 Å². The third-order valence-corrected chi connectivity index (χ3v) is 6.91. The molecule has 2 N–H and O–H groups in total. The maximum absolute atomic E-state index is 12.9. The Morgan fingerprint density at radius 2 is 2.03 bits per heavy atom. The monoisotopic (exact) mass is 446 g/mol. The lowest BCUT2D eigenvalue weighted by atomic mass is 9.88. The smallest absolute Gasteiger partial charge is 0.414 e. The molecule has 1 aromatic carbocycles. The molecule has 0 spiro atoms. The van der Waals surface area contributed by atoms with E-state index >= 15 is 0 Å². The van der Waals surface area contributed by atoms with E-state index in [9.17, 15) is 14.4 Å². The predicted octanol–water partition coefficient (Wildman–Crippen LogP) is 5.12. The molecule has 2 aromatic rings. The number of thiophene rings is 1. The van der Waals surface area contributed by atoms with Crippen molar-refractivity contribution in [2.24, 2.45) is 5.92 Å². The van der Waals surface area contributed by atoms with Crippen LogP contribution in [-0.4, -0.2) is 30.3 Å². The fourth-order valence-electron chi connectivity index (χ4n) is 3.47. The summed E-state index contributed by atoms with van der Waals surface area (Å²) in [7, 11) is 0. The molecule has 1 heterocycles. The van der Waals surface area contributed by atoms with E-state index in [1.165, 1.54) is 11.3 Å². The lowest BCUT2D eigenvalue weighted by molar-refractivity contribution is 0.0925. The average molecular weight is 447 g/mol. The number of carbonyl (C=O) groups excluding carboxylic acids is 3. The van der Waals surface area contributed by atoms with Crippen LogP contribution in [0.1, 0.15) is 58.3 Å². The second-order valence-electron chi connectivity index (χ2n) is 7.15. The summed E-state index contributed by atoms with van der Waals surface area (Å²) < 4.78 is 4.84. The topological polar surface area (TPSA) is 84.5 Å². The van der Waals surface area contributed by atoms with Crippen molar-refractivity contribution >= 4 is 46.0 Å². The van der Waals surface area contributed by atoms with Crippen molar-refractivity contribution in [3.63, 3.8) is 0 Å². The molecule has 0 radical (unpaired) electrons. The molecule has 1 aliphatic rings. The molecule has 6 nitrogen and oxygen atoms in total. The van der Waals surface area contributed by atoms with Crippen molar-refractivity contribution in [1.82, 2.24) is 5.32 Å². The zero-order valence-corrected chi connectivity index (χ0v) is 19.0. The number of carbonyl (C=O) groups is 3. The van der Waals surface area contributed by atoms with Gasteiger partial charge in [0.25, 0.3) is 11.8 Å². The molecule has 0 saturated heterocycles. The Kier molecular flexibility index (Phi) is 7.55. The molecule has 1 aliphatic carbocycles. The summed E-state index contributed by atoms with van der Waals surface area (Å²) in [5.74, 6) is 0.624. The fourth-order valence-corrected chi connectivity index (χ4v) is 5.59. The molecular formula is C22H26N2O4S2. The third kappa shape index (κ3) is 5.23. The number of ether oxygens (including phenoxy) is 1. The zero-order valence-electron chi connectivity index (χ0n) is 17.4. The lowest BCUT2D eigenvalue weighted by Crippen LogP contribution is -2.32. The Morgan fingerprint density at radius 1 is 1.23 bits per heavy atom. The standard InChI is InChI=1S/C22H26N2O4S2/c1-4-28-22(27)24-20(26)18-16-10-9-13(3)11-17(16)30-21(18)23-19(25)14-7-6-8-15(12-14)29-5-2/h6-8,12-13H,4-5,9-11H2,1-3H3,(H,23,25)(H,24,26,27). The van der Waals surface area contributed by atoms with E-state index in [4.69, 9.17) is 4.74 Å². The summed E-state index contributed by atoms with van der Waals surface area (Å²) in [5, 5.41) is 5.67. The first kappa shape index (κ1) is 22.4. The van der Waals surface area contributed by atoms with Crippen LogP contribution in [-0.2, 0) is 17.6 Å². The van der Waals surface area contributed by atoms with Gasteiger partial charge in [0.2, 0.25) is 0 Å². The summed E-state index contributed by atoms with van der Waals surface area (Å²) in [6.45, 7) is 6.09. The molecule has 160 valence electrons.